The number of ether oxygens (including phenoxy) is 1. The summed E-state index contributed by atoms with van der Waals surface area (Å²) in [7, 11) is 2.03. The Labute approximate surface area is 130 Å². The van der Waals surface area contributed by atoms with E-state index in [0.717, 1.165) is 18.8 Å². The van der Waals surface area contributed by atoms with Crippen molar-refractivity contribution < 1.29 is 14.3 Å². The summed E-state index contributed by atoms with van der Waals surface area (Å²) in [6, 6.07) is 6.90. The van der Waals surface area contributed by atoms with Crippen molar-refractivity contribution >= 4 is 17.5 Å². The molecule has 0 unspecified atom stereocenters. The van der Waals surface area contributed by atoms with Crippen molar-refractivity contribution in [1.29, 1.82) is 0 Å². The molecule has 0 radical (unpaired) electrons. The van der Waals surface area contributed by atoms with Gasteiger partial charge >= 0.3 is 11.8 Å². The average Bonchev–Trinajstić information content (AvgIpc) is 2.51. The highest BCUT2D eigenvalue weighted by atomic mass is 16.5. The van der Waals surface area contributed by atoms with Crippen molar-refractivity contribution in [2.75, 3.05) is 45.2 Å². The van der Waals surface area contributed by atoms with Crippen molar-refractivity contribution in [3.05, 3.63) is 24.3 Å². The number of benzene rings is 1. The first-order valence-corrected chi connectivity index (χ1v) is 7.37. The van der Waals surface area contributed by atoms with E-state index in [4.69, 9.17) is 4.74 Å². The molecule has 0 aromatic heterocycles. The summed E-state index contributed by atoms with van der Waals surface area (Å²) in [5.41, 5.74) is 3.18. The Balaban J connectivity index is 1.81. The van der Waals surface area contributed by atoms with Gasteiger partial charge in [0, 0.05) is 31.9 Å². The molecule has 1 aliphatic heterocycles. The first-order valence-electron chi connectivity index (χ1n) is 7.37. The van der Waals surface area contributed by atoms with E-state index in [2.05, 4.69) is 15.6 Å². The lowest BCUT2D eigenvalue weighted by molar-refractivity contribution is -0.139. The van der Waals surface area contributed by atoms with Crippen LogP contribution in [0.1, 0.15) is 6.92 Å². The quantitative estimate of drug-likeness (QED) is 0.783. The number of nitrogens with zero attached hydrogens (tertiary/aromatic N) is 2. The number of hydrogen-bond donors (Lipinski definition) is 2. The van der Waals surface area contributed by atoms with E-state index >= 15 is 0 Å². The van der Waals surface area contributed by atoms with Gasteiger partial charge in [0.25, 0.3) is 0 Å². The maximum atomic E-state index is 11.9. The molecule has 120 valence electrons. The van der Waals surface area contributed by atoms with Crippen LogP contribution in [0.15, 0.2) is 24.3 Å². The molecule has 1 aromatic rings. The van der Waals surface area contributed by atoms with Gasteiger partial charge in [-0.1, -0.05) is 0 Å². The second kappa shape index (κ2) is 7.77. The number of likely N-dealkylation sites (N-methyl/N-ethyl adjacent to an activating group) is 1. The Morgan fingerprint density at radius 2 is 1.73 bits per heavy atom. The minimum absolute atomic E-state index is 0.557. The van der Waals surface area contributed by atoms with Gasteiger partial charge in [-0.05, 0) is 38.2 Å². The van der Waals surface area contributed by atoms with Crippen molar-refractivity contribution in [1.82, 2.24) is 15.3 Å². The third-order valence-corrected chi connectivity index (χ3v) is 3.39. The van der Waals surface area contributed by atoms with E-state index in [1.165, 1.54) is 0 Å². The molecule has 7 nitrogen and oxygen atoms in total. The molecule has 2 amide bonds. The monoisotopic (exact) mass is 306 g/mol. The number of hydrogen-bond acceptors (Lipinski definition) is 5. The molecule has 1 fully saturated rings. The van der Waals surface area contributed by atoms with Crippen LogP contribution in [0.4, 0.5) is 5.69 Å². The van der Waals surface area contributed by atoms with Crippen LogP contribution in [0.25, 0.3) is 0 Å². The second-order valence-electron chi connectivity index (χ2n) is 5.14. The zero-order valence-corrected chi connectivity index (χ0v) is 13.0. The molecule has 7 heteroatoms. The number of hydrazine groups is 1. The van der Waals surface area contributed by atoms with Crippen molar-refractivity contribution in [2.45, 2.75) is 6.92 Å². The topological polar surface area (TPSA) is 73.9 Å². The van der Waals surface area contributed by atoms with Crippen molar-refractivity contribution in [3.63, 3.8) is 0 Å². The largest absolute Gasteiger partial charge is 0.494 e. The molecule has 2 rings (SSSR count). The molecule has 1 aliphatic rings. The van der Waals surface area contributed by atoms with Gasteiger partial charge in [-0.25, -0.2) is 5.01 Å². The smallest absolute Gasteiger partial charge is 0.323 e. The molecule has 0 bridgehead atoms. The normalized spacial score (nSPS) is 16.1. The highest BCUT2D eigenvalue weighted by molar-refractivity contribution is 6.39. The predicted octanol–water partition coefficient (Wildman–Crippen LogP) is 0.302. The third-order valence-electron chi connectivity index (χ3n) is 3.39. The van der Waals surface area contributed by atoms with E-state index in [1.54, 1.807) is 29.3 Å². The summed E-state index contributed by atoms with van der Waals surface area (Å²) in [6.07, 6.45) is 0. The minimum Gasteiger partial charge on any atom is -0.494 e. The standard InChI is InChI=1S/C15H22N4O3/c1-3-22-13-6-4-12(5-7-13)16-14(20)15(21)17-19-10-8-18(2)9-11-19/h4-7H,3,8-11H2,1-2H3,(H,16,20)(H,17,21). The van der Waals surface area contributed by atoms with Crippen LogP contribution in [0.3, 0.4) is 0 Å². The average molecular weight is 306 g/mol. The molecule has 0 spiro atoms. The fourth-order valence-corrected chi connectivity index (χ4v) is 2.10. The number of piperazine rings is 1. The van der Waals surface area contributed by atoms with E-state index in [9.17, 15) is 9.59 Å². The highest BCUT2D eigenvalue weighted by Gasteiger charge is 2.20. The second-order valence-corrected chi connectivity index (χ2v) is 5.14. The third kappa shape index (κ3) is 4.71. The van der Waals surface area contributed by atoms with Gasteiger partial charge < -0.3 is 15.0 Å². The summed E-state index contributed by atoms with van der Waals surface area (Å²) in [5, 5.41) is 4.33. The lowest BCUT2D eigenvalue weighted by atomic mass is 10.3. The highest BCUT2D eigenvalue weighted by Crippen LogP contribution is 2.15. The molecule has 1 aromatic carbocycles. The maximum absolute atomic E-state index is 11.9. The molecule has 22 heavy (non-hydrogen) atoms. The van der Waals surface area contributed by atoms with Crippen LogP contribution < -0.4 is 15.5 Å². The van der Waals surface area contributed by atoms with E-state index in [0.29, 0.717) is 25.4 Å². The number of carbonyl (C=O) groups is 2. The number of carbonyl (C=O) groups excluding carboxylic acids is 2. The Morgan fingerprint density at radius 1 is 1.09 bits per heavy atom. The first kappa shape index (κ1) is 16.3. The van der Waals surface area contributed by atoms with Gasteiger partial charge in [0.2, 0.25) is 0 Å². The van der Waals surface area contributed by atoms with Crippen molar-refractivity contribution in [3.8, 4) is 5.75 Å². The van der Waals surface area contributed by atoms with E-state index in [1.807, 2.05) is 14.0 Å². The molecule has 1 saturated heterocycles. The Bertz CT molecular complexity index is 510. The van der Waals surface area contributed by atoms with Gasteiger partial charge in [0.15, 0.2) is 0 Å². The molecule has 0 saturated carbocycles. The van der Waals surface area contributed by atoms with Gasteiger partial charge in [0.1, 0.15) is 5.75 Å². The van der Waals surface area contributed by atoms with E-state index < -0.39 is 11.8 Å². The molecule has 0 aliphatic carbocycles. The van der Waals surface area contributed by atoms with Gasteiger partial charge in [-0.3, -0.25) is 15.0 Å². The maximum Gasteiger partial charge on any atom is 0.323 e. The SMILES string of the molecule is CCOc1ccc(NC(=O)C(=O)NN2CCN(C)CC2)cc1. The van der Waals surface area contributed by atoms with Crippen LogP contribution in [0.2, 0.25) is 0 Å². The lowest BCUT2D eigenvalue weighted by Gasteiger charge is -2.32. The molecule has 0 atom stereocenters. The van der Waals surface area contributed by atoms with Crippen LogP contribution in [0, 0.1) is 0 Å². The van der Waals surface area contributed by atoms with Crippen LogP contribution in [-0.4, -0.2) is 61.6 Å². The Morgan fingerprint density at radius 3 is 2.32 bits per heavy atom. The fraction of sp³-hybridized carbons (Fsp3) is 0.467. The Hall–Kier alpha value is -2.12. The van der Waals surface area contributed by atoms with Crippen molar-refractivity contribution in [2.24, 2.45) is 0 Å². The summed E-state index contributed by atoms with van der Waals surface area (Å²) >= 11 is 0. The number of rotatable bonds is 4. The van der Waals surface area contributed by atoms with Crippen LogP contribution in [0.5, 0.6) is 5.75 Å². The van der Waals surface area contributed by atoms with Crippen LogP contribution >= 0.6 is 0 Å². The Kier molecular flexibility index (Phi) is 5.74. The minimum atomic E-state index is -0.678. The number of nitrogens with one attached hydrogen (secondary N) is 2. The summed E-state index contributed by atoms with van der Waals surface area (Å²) < 4.78 is 5.32. The lowest BCUT2D eigenvalue weighted by Crippen LogP contribution is -2.54. The zero-order valence-electron chi connectivity index (χ0n) is 13.0. The molecular formula is C15H22N4O3. The number of amides is 2. The molecule has 1 heterocycles. The number of anilines is 1. The van der Waals surface area contributed by atoms with E-state index in [-0.39, 0.29) is 0 Å². The van der Waals surface area contributed by atoms with Gasteiger partial charge in [-0.2, -0.15) is 0 Å². The summed E-state index contributed by atoms with van der Waals surface area (Å²) in [6.45, 7) is 5.62. The summed E-state index contributed by atoms with van der Waals surface area (Å²) in [5.74, 6) is -0.607. The fourth-order valence-electron chi connectivity index (χ4n) is 2.10. The van der Waals surface area contributed by atoms with Crippen LogP contribution in [-0.2, 0) is 9.59 Å². The predicted molar refractivity (Wildman–Crippen MR) is 83.5 cm³/mol. The molecular weight excluding hydrogens is 284 g/mol. The first-order chi connectivity index (χ1) is 10.6. The summed E-state index contributed by atoms with van der Waals surface area (Å²) in [4.78, 5) is 25.9. The zero-order chi connectivity index (χ0) is 15.9. The molecule has 2 N–H and O–H groups in total. The van der Waals surface area contributed by atoms with Gasteiger partial charge in [-0.15, -0.1) is 0 Å². The van der Waals surface area contributed by atoms with Gasteiger partial charge in [0.05, 0.1) is 6.61 Å².